The number of rotatable bonds is 5. The molecule has 0 spiro atoms. The van der Waals surface area contributed by atoms with Crippen LogP contribution in [-0.2, 0) is 4.79 Å². The molecule has 0 aromatic heterocycles. The second kappa shape index (κ2) is 14.9. The maximum atomic E-state index is 16.8. The minimum atomic E-state index is -1.24. The zero-order valence-corrected chi connectivity index (χ0v) is 28.8. The van der Waals surface area contributed by atoms with Gasteiger partial charge in [-0.3, -0.25) is 15.0 Å². The molecule has 3 amide bonds. The number of nitrogens with one attached hydrogen (secondary N) is 3. The number of piperazine rings is 1. The lowest BCUT2D eigenvalue weighted by Crippen LogP contribution is -2.80. The molecule has 11 unspecified atom stereocenters. The van der Waals surface area contributed by atoms with Gasteiger partial charge in [-0.2, -0.15) is 0 Å². The highest BCUT2D eigenvalue weighted by molar-refractivity contribution is 5.87. The standard InChI is InChI=1S/C35H60F2N8O2/c1-5-28(46)43-16-17-44(22(4)19-43)33-25-18-27(37)31-29-24(8-6-10-26(29)36)20-42(15-12-38)14-7-9-23-11-13-39-30(21(2)3)32(23)45(34(25)40-31)35(47)41-33/h5,21-27,29-34,39-40H,1,6-20,38H2,2-4H3,(H,41,47)/t22-,23?,24?,25?,26?,27?,29?,30?,31?,32?,33?,34?/m0/s1. The van der Waals surface area contributed by atoms with E-state index in [1.807, 2.05) is 4.90 Å². The molecule has 1 aliphatic carbocycles. The quantitative estimate of drug-likeness (QED) is 0.335. The summed E-state index contributed by atoms with van der Waals surface area (Å²) in [4.78, 5) is 35.5. The SMILES string of the molecule is C=CC(=O)N1CCN(C2NC(=O)N3C4NC(C(F)CC42)C2C(F)CCCC2CN(CCN)CCCC2CCNC(C(C)C)C23)[C@@H](C)C1. The van der Waals surface area contributed by atoms with Gasteiger partial charge in [0.15, 0.2) is 0 Å². The van der Waals surface area contributed by atoms with Crippen molar-refractivity contribution in [1.29, 1.82) is 0 Å². The van der Waals surface area contributed by atoms with E-state index in [4.69, 9.17) is 5.73 Å². The minimum absolute atomic E-state index is 0.0304. The molecule has 6 aliphatic rings. The van der Waals surface area contributed by atoms with Crippen LogP contribution >= 0.6 is 0 Å². The number of carbonyl (C=O) groups is 2. The first-order chi connectivity index (χ1) is 22.6. The van der Waals surface area contributed by atoms with Crippen molar-refractivity contribution >= 4 is 11.9 Å². The number of hydrogen-bond donors (Lipinski definition) is 4. The van der Waals surface area contributed by atoms with Crippen LogP contribution in [0, 0.1) is 29.6 Å². The van der Waals surface area contributed by atoms with Crippen LogP contribution in [0.25, 0.3) is 0 Å². The summed E-state index contributed by atoms with van der Waals surface area (Å²) in [7, 11) is 0. The van der Waals surface area contributed by atoms with E-state index in [1.54, 1.807) is 4.90 Å². The number of fused-ring (bicyclic) bond motifs is 5. The number of amides is 3. The van der Waals surface area contributed by atoms with Crippen LogP contribution in [0.1, 0.15) is 65.7 Å². The number of urea groups is 1. The van der Waals surface area contributed by atoms with Gasteiger partial charge in [-0.1, -0.05) is 26.8 Å². The van der Waals surface area contributed by atoms with Gasteiger partial charge in [0.25, 0.3) is 0 Å². The summed E-state index contributed by atoms with van der Waals surface area (Å²) in [6.07, 6.45) is 3.56. The topological polar surface area (TPSA) is 109 Å². The molecule has 6 rings (SSSR count). The van der Waals surface area contributed by atoms with E-state index in [-0.39, 0.29) is 54.2 Å². The molecule has 10 nitrogen and oxygen atoms in total. The van der Waals surface area contributed by atoms with E-state index in [0.717, 1.165) is 58.3 Å². The third kappa shape index (κ3) is 6.96. The molecule has 2 bridgehead atoms. The first-order valence-electron chi connectivity index (χ1n) is 18.6. The monoisotopic (exact) mass is 662 g/mol. The summed E-state index contributed by atoms with van der Waals surface area (Å²) in [6, 6.07) is -0.813. The zero-order chi connectivity index (χ0) is 33.4. The summed E-state index contributed by atoms with van der Waals surface area (Å²) in [5.74, 6) is -0.184. The third-order valence-electron chi connectivity index (χ3n) is 12.6. The molecule has 5 heterocycles. The summed E-state index contributed by atoms with van der Waals surface area (Å²) < 4.78 is 33.0. The average molecular weight is 663 g/mol. The van der Waals surface area contributed by atoms with E-state index in [1.165, 1.54) is 6.08 Å². The van der Waals surface area contributed by atoms with Gasteiger partial charge < -0.3 is 31.1 Å². The van der Waals surface area contributed by atoms with Gasteiger partial charge >= 0.3 is 6.03 Å². The Bertz CT molecular complexity index is 1120. The Morgan fingerprint density at radius 1 is 1.04 bits per heavy atom. The van der Waals surface area contributed by atoms with Crippen LogP contribution in [0.15, 0.2) is 12.7 Å². The largest absolute Gasteiger partial charge is 0.336 e. The lowest BCUT2D eigenvalue weighted by molar-refractivity contribution is -0.132. The number of alkyl halides is 2. The molecular formula is C35H60F2N8O2. The Labute approximate surface area is 280 Å². The molecule has 5 aliphatic heterocycles. The molecule has 6 fully saturated rings. The smallest absolute Gasteiger partial charge is 0.320 e. The highest BCUT2D eigenvalue weighted by Crippen LogP contribution is 2.44. The van der Waals surface area contributed by atoms with Gasteiger partial charge in [-0.05, 0) is 82.4 Å². The van der Waals surface area contributed by atoms with Crippen LogP contribution in [0.4, 0.5) is 13.6 Å². The molecular weight excluding hydrogens is 602 g/mol. The first-order valence-corrected chi connectivity index (χ1v) is 18.6. The number of nitrogens with zero attached hydrogens (tertiary/aromatic N) is 4. The summed E-state index contributed by atoms with van der Waals surface area (Å²) in [5, 5.41) is 10.9. The highest BCUT2D eigenvalue weighted by Gasteiger charge is 2.57. The van der Waals surface area contributed by atoms with Crippen LogP contribution in [-0.4, -0.2) is 133 Å². The molecule has 5 N–H and O–H groups in total. The van der Waals surface area contributed by atoms with E-state index >= 15 is 8.78 Å². The van der Waals surface area contributed by atoms with E-state index in [2.05, 4.69) is 53.1 Å². The Kier molecular flexibility index (Phi) is 11.1. The predicted molar refractivity (Wildman–Crippen MR) is 180 cm³/mol. The summed E-state index contributed by atoms with van der Waals surface area (Å²) in [5.41, 5.74) is 6.07. The number of piperidine rings is 2. The van der Waals surface area contributed by atoms with Crippen molar-refractivity contribution < 1.29 is 18.4 Å². The molecule has 47 heavy (non-hydrogen) atoms. The molecule has 0 aromatic carbocycles. The van der Waals surface area contributed by atoms with E-state index in [0.29, 0.717) is 38.5 Å². The van der Waals surface area contributed by atoms with E-state index < -0.39 is 36.6 Å². The second-order valence-corrected chi connectivity index (χ2v) is 15.7. The van der Waals surface area contributed by atoms with Gasteiger partial charge in [-0.25, -0.2) is 13.6 Å². The van der Waals surface area contributed by atoms with E-state index in [9.17, 15) is 9.59 Å². The van der Waals surface area contributed by atoms with Crippen LogP contribution in [0.2, 0.25) is 0 Å². The highest BCUT2D eigenvalue weighted by atomic mass is 19.1. The number of halogens is 2. The molecule has 12 heteroatoms. The maximum absolute atomic E-state index is 16.8. The lowest BCUT2D eigenvalue weighted by Gasteiger charge is -2.60. The van der Waals surface area contributed by atoms with Gasteiger partial charge in [0.1, 0.15) is 12.3 Å². The molecule has 1 saturated carbocycles. The Balaban J connectivity index is 1.39. The van der Waals surface area contributed by atoms with Gasteiger partial charge in [0, 0.05) is 69.2 Å². The van der Waals surface area contributed by atoms with Crippen molar-refractivity contribution in [1.82, 2.24) is 35.6 Å². The van der Waals surface area contributed by atoms with Gasteiger partial charge in [0.05, 0.1) is 18.4 Å². The molecule has 12 atom stereocenters. The average Bonchev–Trinajstić information content (AvgIpc) is 3.05. The molecule has 0 aromatic rings. The first kappa shape index (κ1) is 35.0. The fourth-order valence-corrected chi connectivity index (χ4v) is 10.4. The molecule has 0 radical (unpaired) electrons. The molecule has 5 saturated heterocycles. The minimum Gasteiger partial charge on any atom is -0.336 e. The Morgan fingerprint density at radius 2 is 1.83 bits per heavy atom. The number of carbonyl (C=O) groups excluding carboxylic acids is 2. The Morgan fingerprint density at radius 3 is 2.55 bits per heavy atom. The van der Waals surface area contributed by atoms with Crippen LogP contribution < -0.4 is 21.7 Å². The number of hydrogen-bond acceptors (Lipinski definition) is 7. The predicted octanol–water partition coefficient (Wildman–Crippen LogP) is 2.51. The molecule has 266 valence electrons. The number of nitrogens with two attached hydrogens (primary N) is 1. The summed E-state index contributed by atoms with van der Waals surface area (Å²) in [6.45, 7) is 15.6. The second-order valence-electron chi connectivity index (χ2n) is 15.7. The fraction of sp³-hybridized carbons (Fsp3) is 0.886. The van der Waals surface area contributed by atoms with Gasteiger partial charge in [0.2, 0.25) is 5.91 Å². The maximum Gasteiger partial charge on any atom is 0.320 e. The van der Waals surface area contributed by atoms with Crippen molar-refractivity contribution in [2.24, 2.45) is 35.3 Å². The van der Waals surface area contributed by atoms with Crippen LogP contribution in [0.3, 0.4) is 0 Å². The van der Waals surface area contributed by atoms with Gasteiger partial charge in [-0.15, -0.1) is 0 Å². The van der Waals surface area contributed by atoms with Crippen molar-refractivity contribution in [3.8, 4) is 0 Å². The van der Waals surface area contributed by atoms with Crippen molar-refractivity contribution in [3.05, 3.63) is 12.7 Å². The lowest BCUT2D eigenvalue weighted by atomic mass is 9.69. The fourth-order valence-electron chi connectivity index (χ4n) is 10.4. The normalized spacial score (nSPS) is 42.3. The van der Waals surface area contributed by atoms with Crippen molar-refractivity contribution in [2.75, 3.05) is 52.4 Å². The summed E-state index contributed by atoms with van der Waals surface area (Å²) >= 11 is 0. The Hall–Kier alpha value is -1.86. The van der Waals surface area contributed by atoms with Crippen molar-refractivity contribution in [3.63, 3.8) is 0 Å². The zero-order valence-electron chi connectivity index (χ0n) is 28.8. The third-order valence-corrected chi connectivity index (χ3v) is 12.6. The van der Waals surface area contributed by atoms with Crippen LogP contribution in [0.5, 0.6) is 0 Å². The van der Waals surface area contributed by atoms with Crippen molar-refractivity contribution in [2.45, 2.75) is 115 Å².